The van der Waals surface area contributed by atoms with Gasteiger partial charge in [-0.3, -0.25) is 0 Å². The van der Waals surface area contributed by atoms with Gasteiger partial charge in [-0.2, -0.15) is 9.34 Å². The number of anilines is 2. The van der Waals surface area contributed by atoms with E-state index in [1.54, 1.807) is 0 Å². The molecule has 0 saturated heterocycles. The minimum atomic E-state index is -1.88. The minimum absolute atomic E-state index is 0.106. The van der Waals surface area contributed by atoms with E-state index in [1.807, 2.05) is 19.1 Å². The van der Waals surface area contributed by atoms with Crippen molar-refractivity contribution < 1.29 is 25.5 Å². The van der Waals surface area contributed by atoms with Gasteiger partial charge in [0.15, 0.2) is 0 Å². The number of carbonyl (C=O) groups excluding carboxylic acids is 1. The van der Waals surface area contributed by atoms with Crippen LogP contribution in [0.1, 0.15) is 29.2 Å². The van der Waals surface area contributed by atoms with E-state index >= 15 is 0 Å². The fourth-order valence-corrected chi connectivity index (χ4v) is 11.2. The number of para-hydroxylation sites is 2. The van der Waals surface area contributed by atoms with Crippen LogP contribution < -0.4 is 19.9 Å². The predicted molar refractivity (Wildman–Crippen MR) is 191 cm³/mol. The Bertz CT molecular complexity index is 1480. The van der Waals surface area contributed by atoms with E-state index in [9.17, 15) is 4.79 Å². The Hall–Kier alpha value is -2.47. The van der Waals surface area contributed by atoms with Gasteiger partial charge in [-0.1, -0.05) is 72.8 Å². The zero-order valence-corrected chi connectivity index (χ0v) is 30.5. The molecule has 0 atom stereocenters. The van der Waals surface area contributed by atoms with Crippen molar-refractivity contribution in [1.29, 1.82) is 0 Å². The average molecular weight is 758 g/mol. The van der Waals surface area contributed by atoms with Crippen molar-refractivity contribution >= 4 is 63.2 Å². The number of halogens is 2. The fourth-order valence-electron chi connectivity index (χ4n) is 5.52. The number of hydrogen-bond acceptors (Lipinski definition) is 4. The van der Waals surface area contributed by atoms with Crippen LogP contribution in [0.3, 0.4) is 0 Å². The molecule has 0 bridgehead atoms. The molecule has 0 amide bonds. The molecular formula is C35H38Cl2N2O2P2Pd+2. The first-order valence-corrected chi connectivity index (χ1v) is 21.2. The van der Waals surface area contributed by atoms with Crippen molar-refractivity contribution in [2.75, 3.05) is 15.9 Å². The molecule has 0 N–H and O–H groups in total. The molecule has 1 aliphatic heterocycles. The second-order valence-corrected chi connectivity index (χ2v) is 17.1. The Kier molecular flexibility index (Phi) is 13.1. The Morgan fingerprint density at radius 3 is 1.48 bits per heavy atom. The molecule has 232 valence electrons. The number of nitrogens with zero attached hydrogens (tertiary/aromatic N) is 2. The quantitative estimate of drug-likeness (QED) is 0.0777. The van der Waals surface area contributed by atoms with Gasteiger partial charge < -0.3 is 4.74 Å². The summed E-state index contributed by atoms with van der Waals surface area (Å²) < 4.78 is 10.5. The Morgan fingerprint density at radius 1 is 0.727 bits per heavy atom. The second kappa shape index (κ2) is 16.7. The van der Waals surface area contributed by atoms with Crippen LogP contribution in [0.15, 0.2) is 121 Å². The van der Waals surface area contributed by atoms with Gasteiger partial charge in [-0.05, 0) is 81.1 Å². The fraction of sp³-hybridized carbons (Fsp3) is 0.171. The molecule has 0 aliphatic carbocycles. The van der Waals surface area contributed by atoms with Crippen molar-refractivity contribution in [3.63, 3.8) is 0 Å². The molecule has 0 unspecified atom stereocenters. The van der Waals surface area contributed by atoms with Gasteiger partial charge in [0.25, 0.3) is 5.31 Å². The molecular weight excluding hydrogens is 720 g/mol. The van der Waals surface area contributed by atoms with E-state index in [2.05, 4.69) is 140 Å². The van der Waals surface area contributed by atoms with Crippen molar-refractivity contribution in [1.82, 2.24) is 0 Å². The number of esters is 1. The standard InChI is InChI=1S/C35H36N2O2P2.2ClH.Pd/c1-6-39-35(38)32(25-40(30-19-9-7-10-20-30)31-21-11-8-12-22-31)41-36(33-26(2)15-13-16-27(33)3)23-24-37(41)34-28(4)17-14-18-29(34)5;;;/h7-25H,6H2,1-5H3;2*1H;/q;;;+2/b32-25-;;;. The molecule has 9 heteroatoms. The third kappa shape index (κ3) is 8.02. The zero-order chi connectivity index (χ0) is 31.6. The normalized spacial score (nSPS) is 13.3. The summed E-state index contributed by atoms with van der Waals surface area (Å²) in [5, 5.41) is 3.21. The average Bonchev–Trinajstić information content (AvgIpc) is 3.42. The molecule has 1 aliphatic rings. The molecule has 4 nitrogen and oxygen atoms in total. The van der Waals surface area contributed by atoms with Crippen molar-refractivity contribution in [2.45, 2.75) is 34.6 Å². The van der Waals surface area contributed by atoms with E-state index in [1.165, 1.54) is 32.9 Å². The predicted octanol–water partition coefficient (Wildman–Crippen LogP) is 9.41. The molecule has 5 rings (SSSR count). The summed E-state index contributed by atoms with van der Waals surface area (Å²) in [5.41, 5.74) is 7.02. The molecule has 4 aromatic rings. The van der Waals surface area contributed by atoms with E-state index in [0.29, 0.717) is 6.61 Å². The van der Waals surface area contributed by atoms with Crippen LogP contribution in [0.25, 0.3) is 0 Å². The number of ether oxygens (including phenoxy) is 1. The molecule has 4 aromatic carbocycles. The summed E-state index contributed by atoms with van der Waals surface area (Å²) in [7, 11) is 6.28. The van der Waals surface area contributed by atoms with E-state index in [-0.39, 0.29) is 21.9 Å². The maximum absolute atomic E-state index is 14.1. The van der Waals surface area contributed by atoms with Crippen molar-refractivity contribution in [2.24, 2.45) is 0 Å². The monoisotopic (exact) mass is 756 g/mol. The SMILES string of the molecule is CCOC(=O)/C(=C/[PH+](c1ccccc1)c1ccccc1)[PH+]1N(c2c(C)cccc2C)C=CN1c1c(C)cccc1C.[Cl][Pd][Cl]. The summed E-state index contributed by atoms with van der Waals surface area (Å²) in [4.78, 5) is 14.1. The summed E-state index contributed by atoms with van der Waals surface area (Å²) >= 11 is -0.106. The molecule has 0 radical (unpaired) electrons. The summed E-state index contributed by atoms with van der Waals surface area (Å²) in [6, 6.07) is 33.9. The second-order valence-electron chi connectivity index (χ2n) is 10.3. The van der Waals surface area contributed by atoms with Crippen molar-refractivity contribution in [3.05, 3.63) is 143 Å². The number of hydrogen-bond donors (Lipinski definition) is 0. The Balaban J connectivity index is 0.00000141. The number of benzene rings is 4. The first kappa shape index (κ1) is 34.4. The van der Waals surface area contributed by atoms with Gasteiger partial charge in [0.05, 0.1) is 38.3 Å². The Morgan fingerprint density at radius 2 is 1.11 bits per heavy atom. The summed E-state index contributed by atoms with van der Waals surface area (Å²) in [6.07, 6.45) is 4.31. The number of aryl methyl sites for hydroxylation is 4. The van der Waals surface area contributed by atoms with Crippen LogP contribution in [-0.4, -0.2) is 12.6 Å². The van der Waals surface area contributed by atoms with E-state index in [0.717, 1.165) is 16.7 Å². The van der Waals surface area contributed by atoms with Gasteiger partial charge in [0, 0.05) is 0 Å². The van der Waals surface area contributed by atoms with E-state index < -0.39 is 16.1 Å². The van der Waals surface area contributed by atoms with Gasteiger partial charge in [-0.15, -0.1) is 0 Å². The molecule has 0 fully saturated rings. The Labute approximate surface area is 280 Å². The van der Waals surface area contributed by atoms with Crippen LogP contribution in [-0.2, 0) is 25.5 Å². The summed E-state index contributed by atoms with van der Waals surface area (Å²) in [5.74, 6) is 2.02. The first-order valence-electron chi connectivity index (χ1n) is 14.3. The third-order valence-electron chi connectivity index (χ3n) is 7.38. The molecule has 44 heavy (non-hydrogen) atoms. The van der Waals surface area contributed by atoms with Gasteiger partial charge >= 0.3 is 41.0 Å². The summed E-state index contributed by atoms with van der Waals surface area (Å²) in [6.45, 7) is 10.8. The zero-order valence-electron chi connectivity index (χ0n) is 25.5. The van der Waals surface area contributed by atoms with Crippen molar-refractivity contribution in [3.8, 4) is 0 Å². The molecule has 1 heterocycles. The topological polar surface area (TPSA) is 32.8 Å². The first-order chi connectivity index (χ1) is 21.3. The van der Waals surface area contributed by atoms with Crippen LogP contribution in [0, 0.1) is 27.7 Å². The third-order valence-corrected chi connectivity index (χ3v) is 12.6. The van der Waals surface area contributed by atoms with Gasteiger partial charge in [0.2, 0.25) is 8.22 Å². The number of rotatable bonds is 8. The van der Waals surface area contributed by atoms with Gasteiger partial charge in [-0.25, -0.2) is 4.79 Å². The van der Waals surface area contributed by atoms with Crippen LogP contribution in [0.2, 0.25) is 0 Å². The molecule has 0 saturated carbocycles. The van der Waals surface area contributed by atoms with E-state index in [4.69, 9.17) is 23.8 Å². The molecule has 0 aromatic heterocycles. The maximum atomic E-state index is 14.1. The van der Waals surface area contributed by atoms with Crippen LogP contribution >= 0.6 is 35.2 Å². The molecule has 0 spiro atoms. The number of carbonyl (C=O) groups is 1. The van der Waals surface area contributed by atoms with Crippen LogP contribution in [0.5, 0.6) is 0 Å². The van der Waals surface area contributed by atoms with Gasteiger partial charge in [0.1, 0.15) is 16.4 Å². The van der Waals surface area contributed by atoms with Crippen LogP contribution in [0.4, 0.5) is 11.4 Å².